The Morgan fingerprint density at radius 2 is 1.48 bits per heavy atom. The summed E-state index contributed by atoms with van der Waals surface area (Å²) in [6, 6.07) is 10.1. The number of rotatable bonds is 20. The highest BCUT2D eigenvalue weighted by molar-refractivity contribution is 5.49. The van der Waals surface area contributed by atoms with Crippen LogP contribution in [-0.2, 0) is 46.4 Å². The maximum atomic E-state index is 6.82. The number of allylic oxidation sites excluding steroid dienone is 2. The largest absolute Gasteiger partial charge is 0.490 e. The van der Waals surface area contributed by atoms with Gasteiger partial charge in [-0.1, -0.05) is 55.6 Å². The Balaban J connectivity index is 1.49. The van der Waals surface area contributed by atoms with Crippen molar-refractivity contribution in [3.05, 3.63) is 119 Å². The minimum atomic E-state index is -0.955. The number of ether oxygens (including phenoxy) is 7. The summed E-state index contributed by atoms with van der Waals surface area (Å²) in [5, 5.41) is 0. The number of hydrogen-bond acceptors (Lipinski definition) is 7. The van der Waals surface area contributed by atoms with Crippen LogP contribution in [-0.4, -0.2) is 56.1 Å². The highest BCUT2D eigenvalue weighted by Gasteiger charge is 2.57. The molecule has 2 saturated heterocycles. The van der Waals surface area contributed by atoms with Crippen molar-refractivity contribution < 1.29 is 33.2 Å². The monoisotopic (exact) mass is 688 g/mol. The van der Waals surface area contributed by atoms with Crippen molar-refractivity contribution in [3.8, 4) is 0 Å². The van der Waals surface area contributed by atoms with Crippen molar-refractivity contribution in [2.45, 2.75) is 130 Å². The molecule has 0 aliphatic carbocycles. The summed E-state index contributed by atoms with van der Waals surface area (Å²) in [6.07, 6.45) is 5.46. The molecule has 0 bridgehead atoms. The molecule has 2 aliphatic rings. The van der Waals surface area contributed by atoms with E-state index in [9.17, 15) is 0 Å². The first-order valence-corrected chi connectivity index (χ1v) is 18.1. The number of hydrogen-bond donors (Lipinski definition) is 0. The van der Waals surface area contributed by atoms with Gasteiger partial charge in [-0.05, 0) is 99.7 Å². The lowest BCUT2D eigenvalue weighted by Gasteiger charge is -2.52. The first kappa shape index (κ1) is 39.6. The lowest BCUT2D eigenvalue weighted by molar-refractivity contribution is -0.284. The molecule has 0 spiro atoms. The molecule has 274 valence electrons. The molecule has 2 aromatic carbocycles. The maximum Gasteiger partial charge on any atom is 0.162 e. The molecule has 0 unspecified atom stereocenters. The van der Waals surface area contributed by atoms with Crippen molar-refractivity contribution in [2.75, 3.05) is 19.8 Å². The Kier molecular flexibility index (Phi) is 14.9. The van der Waals surface area contributed by atoms with Crippen LogP contribution in [0.4, 0.5) is 0 Å². The van der Waals surface area contributed by atoms with E-state index in [4.69, 9.17) is 33.2 Å². The third kappa shape index (κ3) is 9.98. The van der Waals surface area contributed by atoms with Crippen LogP contribution < -0.4 is 0 Å². The van der Waals surface area contributed by atoms with E-state index in [1.165, 1.54) is 33.4 Å². The first-order chi connectivity index (χ1) is 24.0. The van der Waals surface area contributed by atoms with E-state index >= 15 is 0 Å². The lowest BCUT2D eigenvalue weighted by atomic mass is 9.80. The van der Waals surface area contributed by atoms with Gasteiger partial charge in [0.15, 0.2) is 18.0 Å². The van der Waals surface area contributed by atoms with E-state index in [-0.39, 0.29) is 18.5 Å². The molecule has 50 heavy (non-hydrogen) atoms. The van der Waals surface area contributed by atoms with Crippen LogP contribution in [0, 0.1) is 34.6 Å². The van der Waals surface area contributed by atoms with E-state index in [1.807, 2.05) is 37.3 Å². The van der Waals surface area contributed by atoms with Gasteiger partial charge in [0, 0.05) is 25.9 Å². The smallest absolute Gasteiger partial charge is 0.162 e. The molecule has 2 aromatic rings. The van der Waals surface area contributed by atoms with Crippen molar-refractivity contribution in [2.24, 2.45) is 0 Å². The van der Waals surface area contributed by atoms with Gasteiger partial charge in [-0.2, -0.15) is 0 Å². The summed E-state index contributed by atoms with van der Waals surface area (Å²) in [7, 11) is 0. The fourth-order valence-corrected chi connectivity index (χ4v) is 7.01. The highest BCUT2D eigenvalue weighted by atomic mass is 16.7. The molecule has 5 atom stereocenters. The lowest BCUT2D eigenvalue weighted by Crippen LogP contribution is -2.66. The van der Waals surface area contributed by atoms with Crippen LogP contribution >= 0.6 is 0 Å². The van der Waals surface area contributed by atoms with Gasteiger partial charge in [-0.25, -0.2) is 0 Å². The van der Waals surface area contributed by atoms with E-state index in [0.29, 0.717) is 76.7 Å². The molecule has 0 N–H and O–H groups in total. The Bertz CT molecular complexity index is 1410. The standard InChI is InChI=1S/C43H60O7/c1-11-17-38-41(48-29(3)19-16-24-44-28-37-34(8)32(6)31(5)33(7)35(37)9)42(47-27-36-20-14-13-15-21-36)43(10,39(49-38)18-12-2)50-30(4)22-23-40-45-25-26-46-40/h11-15,20-21,38-42H,1-4,16-19,22-28H2,5-10H3/t38-,39+,41-,42+,43+/m1/s1. The topological polar surface area (TPSA) is 64.6 Å². The van der Waals surface area contributed by atoms with Gasteiger partial charge < -0.3 is 33.2 Å². The summed E-state index contributed by atoms with van der Waals surface area (Å²) >= 11 is 0. The molecule has 0 amide bonds. The molecule has 0 aromatic heterocycles. The minimum absolute atomic E-state index is 0.251. The fraction of sp³-hybridized carbons (Fsp3) is 0.535. The second kappa shape index (κ2) is 18.9. The molecule has 7 heteroatoms. The number of benzene rings is 2. The van der Waals surface area contributed by atoms with E-state index < -0.39 is 17.8 Å². The zero-order valence-electron chi connectivity index (χ0n) is 31.4. The molecule has 0 radical (unpaired) electrons. The molecular formula is C43H60O7. The van der Waals surface area contributed by atoms with Crippen LogP contribution in [0.2, 0.25) is 0 Å². The summed E-state index contributed by atoms with van der Waals surface area (Å²) < 4.78 is 44.6. The molecular weight excluding hydrogens is 628 g/mol. The van der Waals surface area contributed by atoms with Crippen molar-refractivity contribution in [1.82, 2.24) is 0 Å². The van der Waals surface area contributed by atoms with Gasteiger partial charge in [0.25, 0.3) is 0 Å². The summed E-state index contributed by atoms with van der Waals surface area (Å²) in [5.41, 5.74) is 8.05. The quantitative estimate of drug-likeness (QED) is 0.0781. The van der Waals surface area contributed by atoms with Crippen LogP contribution in [0.15, 0.2) is 80.3 Å². The summed E-state index contributed by atoms with van der Waals surface area (Å²) in [6.45, 7) is 32.4. The van der Waals surface area contributed by atoms with Gasteiger partial charge in [-0.15, -0.1) is 13.2 Å². The van der Waals surface area contributed by atoms with Gasteiger partial charge in [0.1, 0.15) is 18.3 Å². The highest BCUT2D eigenvalue weighted by Crippen LogP contribution is 2.42. The second-order valence-corrected chi connectivity index (χ2v) is 13.8. The van der Waals surface area contributed by atoms with Gasteiger partial charge in [-0.3, -0.25) is 0 Å². The molecule has 4 rings (SSSR count). The van der Waals surface area contributed by atoms with Crippen LogP contribution in [0.5, 0.6) is 0 Å². The summed E-state index contributed by atoms with van der Waals surface area (Å²) in [4.78, 5) is 0. The predicted octanol–water partition coefficient (Wildman–Crippen LogP) is 9.37. The van der Waals surface area contributed by atoms with Crippen molar-refractivity contribution >= 4 is 0 Å². The minimum Gasteiger partial charge on any atom is -0.490 e. The Hall–Kier alpha value is -3.20. The summed E-state index contributed by atoms with van der Waals surface area (Å²) in [5.74, 6) is 1.26. The Morgan fingerprint density at radius 3 is 2.12 bits per heavy atom. The Labute approximate surface area is 301 Å². The average molecular weight is 689 g/mol. The van der Waals surface area contributed by atoms with Crippen molar-refractivity contribution in [1.29, 1.82) is 0 Å². The fourth-order valence-electron chi connectivity index (χ4n) is 7.01. The molecule has 2 heterocycles. The second-order valence-electron chi connectivity index (χ2n) is 13.8. The third-order valence-corrected chi connectivity index (χ3v) is 10.4. The zero-order chi connectivity index (χ0) is 36.3. The molecule has 0 saturated carbocycles. The SMILES string of the molecule is C=CC[C@@H]1O[C@H](CC=C)[C@@H](OC(=C)CCCOCc2c(C)c(C)c(C)c(C)c2C)[C@H](OCc2ccccc2)[C@@]1(C)OC(=C)CCC1OCCO1. The van der Waals surface area contributed by atoms with E-state index in [0.717, 1.165) is 12.0 Å². The molecule has 2 aliphatic heterocycles. The third-order valence-electron chi connectivity index (χ3n) is 10.4. The predicted molar refractivity (Wildman–Crippen MR) is 200 cm³/mol. The zero-order valence-corrected chi connectivity index (χ0v) is 31.4. The van der Waals surface area contributed by atoms with Crippen LogP contribution in [0.25, 0.3) is 0 Å². The maximum absolute atomic E-state index is 6.82. The average Bonchev–Trinajstić information content (AvgIpc) is 3.63. The molecule has 2 fully saturated rings. The van der Waals surface area contributed by atoms with E-state index in [1.54, 1.807) is 0 Å². The Morgan fingerprint density at radius 1 is 0.840 bits per heavy atom. The van der Waals surface area contributed by atoms with Crippen molar-refractivity contribution in [3.63, 3.8) is 0 Å². The van der Waals surface area contributed by atoms with Crippen LogP contribution in [0.3, 0.4) is 0 Å². The normalized spacial score (nSPS) is 23.8. The van der Waals surface area contributed by atoms with Crippen LogP contribution in [0.1, 0.15) is 84.4 Å². The molecule has 7 nitrogen and oxygen atoms in total. The van der Waals surface area contributed by atoms with E-state index in [2.05, 4.69) is 73.1 Å². The van der Waals surface area contributed by atoms with Gasteiger partial charge in [0.05, 0.1) is 37.9 Å². The first-order valence-electron chi connectivity index (χ1n) is 18.1. The van der Waals surface area contributed by atoms with Gasteiger partial charge >= 0.3 is 0 Å². The van der Waals surface area contributed by atoms with Gasteiger partial charge in [0.2, 0.25) is 0 Å².